The van der Waals surface area contributed by atoms with Gasteiger partial charge in [-0.1, -0.05) is 158 Å². The molecule has 16 heteroatoms. The summed E-state index contributed by atoms with van der Waals surface area (Å²) in [4.78, 5) is 46.3. The van der Waals surface area contributed by atoms with Crippen molar-refractivity contribution in [3.8, 4) is 23.0 Å². The van der Waals surface area contributed by atoms with Crippen LogP contribution in [-0.4, -0.2) is 94.4 Å². The lowest BCUT2D eigenvalue weighted by Gasteiger charge is -2.31. The zero-order chi connectivity index (χ0) is 61.5. The molecule has 4 atom stereocenters. The van der Waals surface area contributed by atoms with Crippen LogP contribution in [0.1, 0.15) is 70.6 Å². The summed E-state index contributed by atoms with van der Waals surface area (Å²) in [6.45, 7) is 7.38. The third-order valence-corrected chi connectivity index (χ3v) is 13.9. The zero-order valence-electron chi connectivity index (χ0n) is 48.9. The van der Waals surface area contributed by atoms with Gasteiger partial charge < -0.3 is 50.0 Å². The van der Waals surface area contributed by atoms with Gasteiger partial charge in [-0.3, -0.25) is 19.4 Å². The molecular formula is C70H76N4O12. The van der Waals surface area contributed by atoms with Crippen molar-refractivity contribution in [2.24, 2.45) is 0 Å². The third-order valence-electron chi connectivity index (χ3n) is 13.9. The smallest absolute Gasteiger partial charge is 0.328 e. The first-order chi connectivity index (χ1) is 41.7. The highest BCUT2D eigenvalue weighted by Gasteiger charge is 2.23. The number of rotatable bonds is 30. The maximum Gasteiger partial charge on any atom is 0.328 e. The van der Waals surface area contributed by atoms with Crippen molar-refractivity contribution in [2.45, 2.75) is 77.3 Å². The fourth-order valence-corrected chi connectivity index (χ4v) is 9.28. The molecule has 86 heavy (non-hydrogen) atoms. The molecule has 6 N–H and O–H groups in total. The highest BCUT2D eigenvalue weighted by Crippen LogP contribution is 2.32. The molecule has 0 aromatic heterocycles. The van der Waals surface area contributed by atoms with E-state index in [9.17, 15) is 29.4 Å². The number of carboxylic acid groups (broad SMARTS) is 2. The van der Waals surface area contributed by atoms with Gasteiger partial charge in [-0.25, -0.2) is 9.59 Å². The van der Waals surface area contributed by atoms with Crippen LogP contribution in [0.25, 0.3) is 0 Å². The van der Waals surface area contributed by atoms with Crippen molar-refractivity contribution < 1.29 is 58.6 Å². The van der Waals surface area contributed by atoms with E-state index >= 15 is 0 Å². The molecule has 0 fully saturated rings. The van der Waals surface area contributed by atoms with Crippen LogP contribution in [-0.2, 0) is 58.3 Å². The molecule has 4 unspecified atom stereocenters. The summed E-state index contributed by atoms with van der Waals surface area (Å²) in [5.74, 6) is 0.254. The average molecular weight is 1170 g/mol. The standard InChI is InChI=1S/2C33H36N2O4.C4H4O4/c2*1-25(19-26-13-16-30(38-2)17-14-26)35(21-27-9-5-3-6-10-27)22-32(37)29-15-18-33(31(20-29)34-24-36)39-23-28-11-7-4-8-12-28;5-3(6)1-2-4(7)8/h2*3-18,20,24-25,32,37H,19,21-23H2,1-2H3,(H,34,36);1-2H,(H,5,6)(H,7,8)/b;;2-1+. The molecular weight excluding hydrogens is 1090 g/mol. The van der Waals surface area contributed by atoms with Gasteiger partial charge in [0.15, 0.2) is 0 Å². The van der Waals surface area contributed by atoms with Crippen LogP contribution in [0, 0.1) is 0 Å². The van der Waals surface area contributed by atoms with Gasteiger partial charge >= 0.3 is 11.9 Å². The number of aliphatic carboxylic acids is 2. The van der Waals surface area contributed by atoms with Crippen molar-refractivity contribution in [1.82, 2.24) is 9.80 Å². The van der Waals surface area contributed by atoms with Crippen LogP contribution in [0.3, 0.4) is 0 Å². The third kappa shape index (κ3) is 22.5. The van der Waals surface area contributed by atoms with E-state index in [0.717, 1.165) is 35.5 Å². The number of methoxy groups -OCH3 is 2. The Morgan fingerprint density at radius 1 is 0.453 bits per heavy atom. The lowest BCUT2D eigenvalue weighted by molar-refractivity contribution is -0.134. The quantitative estimate of drug-likeness (QED) is 0.0182. The maximum absolute atomic E-state index is 11.3. The second-order valence-corrected chi connectivity index (χ2v) is 20.3. The first-order valence-electron chi connectivity index (χ1n) is 28.1. The second kappa shape index (κ2) is 35.5. The fraction of sp³-hybridized carbons (Fsp3) is 0.229. The summed E-state index contributed by atoms with van der Waals surface area (Å²) in [6, 6.07) is 67.7. The predicted octanol–water partition coefficient (Wildman–Crippen LogP) is 11.7. The first-order valence-corrected chi connectivity index (χ1v) is 28.1. The van der Waals surface area contributed by atoms with Crippen LogP contribution < -0.4 is 29.6 Å². The Bertz CT molecular complexity index is 3100. The molecule has 0 radical (unpaired) electrons. The van der Waals surface area contributed by atoms with Crippen molar-refractivity contribution in [3.63, 3.8) is 0 Å². The van der Waals surface area contributed by atoms with Crippen LogP contribution in [0.5, 0.6) is 23.0 Å². The Morgan fingerprint density at radius 3 is 1.08 bits per heavy atom. The number of carbonyl (C=O) groups excluding carboxylic acids is 2. The molecule has 448 valence electrons. The highest BCUT2D eigenvalue weighted by molar-refractivity contribution is 5.89. The summed E-state index contributed by atoms with van der Waals surface area (Å²) >= 11 is 0. The van der Waals surface area contributed by atoms with Gasteiger partial charge in [0.05, 0.1) is 37.8 Å². The summed E-state index contributed by atoms with van der Waals surface area (Å²) < 4.78 is 22.5. The molecule has 16 nitrogen and oxygen atoms in total. The van der Waals surface area contributed by atoms with E-state index in [2.05, 4.69) is 82.8 Å². The zero-order valence-corrected chi connectivity index (χ0v) is 48.9. The van der Waals surface area contributed by atoms with Crippen LogP contribution in [0.15, 0.2) is 218 Å². The Morgan fingerprint density at radius 2 is 0.779 bits per heavy atom. The topological polar surface area (TPSA) is 217 Å². The minimum Gasteiger partial charge on any atom is -0.497 e. The number of aliphatic hydroxyl groups is 2. The number of carbonyl (C=O) groups is 4. The molecule has 8 aromatic carbocycles. The second-order valence-electron chi connectivity index (χ2n) is 20.3. The average Bonchev–Trinajstić information content (AvgIpc) is 3.65. The lowest BCUT2D eigenvalue weighted by Crippen LogP contribution is -2.37. The number of nitrogens with one attached hydrogen (secondary N) is 2. The van der Waals surface area contributed by atoms with Gasteiger partial charge in [0.1, 0.15) is 36.2 Å². The fourth-order valence-electron chi connectivity index (χ4n) is 9.28. The van der Waals surface area contributed by atoms with E-state index < -0.39 is 24.1 Å². The minimum absolute atomic E-state index is 0.161. The molecule has 0 heterocycles. The predicted molar refractivity (Wildman–Crippen MR) is 334 cm³/mol. The Kier molecular flexibility index (Phi) is 27.1. The molecule has 0 aliphatic carbocycles. The molecule has 0 spiro atoms. The van der Waals surface area contributed by atoms with Crippen LogP contribution in [0.2, 0.25) is 0 Å². The van der Waals surface area contributed by atoms with E-state index in [1.807, 2.05) is 133 Å². The SMILES string of the molecule is COc1ccc(CC(C)N(Cc2ccccc2)CC(O)c2ccc(OCc3ccccc3)c(NC=O)c2)cc1.COc1ccc(CC(C)N(Cc2ccccc2)CC(O)c2ccc(OCc3ccccc3)c(NC=O)c2)cc1.O=C(O)/C=C/C(=O)O. The number of ether oxygens (including phenoxy) is 4. The van der Waals surface area contributed by atoms with Crippen molar-refractivity contribution in [2.75, 3.05) is 37.9 Å². The number of amides is 2. The Labute approximate surface area is 503 Å². The van der Waals surface area contributed by atoms with Crippen molar-refractivity contribution in [1.29, 1.82) is 0 Å². The van der Waals surface area contributed by atoms with Gasteiger partial charge in [0.25, 0.3) is 0 Å². The molecule has 0 bridgehead atoms. The van der Waals surface area contributed by atoms with Gasteiger partial charge in [0, 0.05) is 50.4 Å². The number of nitrogens with zero attached hydrogens (tertiary/aromatic N) is 2. The van der Waals surface area contributed by atoms with Crippen molar-refractivity contribution in [3.05, 3.63) is 263 Å². The minimum atomic E-state index is -1.26. The van der Waals surface area contributed by atoms with Gasteiger partial charge in [-0.05, 0) is 120 Å². The largest absolute Gasteiger partial charge is 0.497 e. The van der Waals surface area contributed by atoms with Gasteiger partial charge in [-0.15, -0.1) is 0 Å². The van der Waals surface area contributed by atoms with Crippen LogP contribution >= 0.6 is 0 Å². The Balaban J connectivity index is 0.000000244. The molecule has 0 saturated heterocycles. The molecule has 2 amide bonds. The summed E-state index contributed by atoms with van der Waals surface area (Å²) in [6.07, 6.45) is 2.50. The van der Waals surface area contributed by atoms with E-state index in [-0.39, 0.29) is 12.1 Å². The number of hydrogen-bond acceptors (Lipinski definition) is 12. The summed E-state index contributed by atoms with van der Waals surface area (Å²) in [5.41, 5.74) is 9.29. The first kappa shape index (κ1) is 65.6. The number of aliphatic hydroxyl groups excluding tert-OH is 2. The molecule has 8 rings (SSSR count). The summed E-state index contributed by atoms with van der Waals surface area (Å²) in [5, 5.41) is 43.7. The monoisotopic (exact) mass is 1160 g/mol. The molecule has 0 aliphatic rings. The molecule has 8 aromatic rings. The number of hydrogen-bond donors (Lipinski definition) is 6. The van der Waals surface area contributed by atoms with Gasteiger partial charge in [0.2, 0.25) is 12.8 Å². The van der Waals surface area contributed by atoms with E-state index in [1.165, 1.54) is 22.3 Å². The lowest BCUT2D eigenvalue weighted by atomic mass is 10.0. The number of anilines is 2. The summed E-state index contributed by atoms with van der Waals surface area (Å²) in [7, 11) is 3.33. The van der Waals surface area contributed by atoms with Crippen molar-refractivity contribution >= 4 is 36.1 Å². The van der Waals surface area contributed by atoms with Gasteiger partial charge in [-0.2, -0.15) is 0 Å². The molecule has 0 aliphatic heterocycles. The normalized spacial score (nSPS) is 12.2. The van der Waals surface area contributed by atoms with E-state index in [4.69, 9.17) is 29.2 Å². The van der Waals surface area contributed by atoms with E-state index in [1.54, 1.807) is 38.5 Å². The Hall–Kier alpha value is -9.58. The maximum atomic E-state index is 11.3. The highest BCUT2D eigenvalue weighted by atomic mass is 16.5. The van der Waals surface area contributed by atoms with E-state index in [0.29, 0.717) is 98.4 Å². The number of benzene rings is 8. The molecule has 0 saturated carbocycles. The van der Waals surface area contributed by atoms with Crippen LogP contribution in [0.4, 0.5) is 11.4 Å². The number of carboxylic acids is 2.